The molecule has 5 nitrogen and oxygen atoms in total. The van der Waals surface area contributed by atoms with Crippen LogP contribution in [0, 0.1) is 0 Å². The van der Waals surface area contributed by atoms with Crippen molar-refractivity contribution in [3.8, 4) is 0 Å². The van der Waals surface area contributed by atoms with Crippen molar-refractivity contribution in [1.82, 2.24) is 4.90 Å². The molecule has 2 aromatic rings. The third-order valence-electron chi connectivity index (χ3n) is 4.48. The van der Waals surface area contributed by atoms with Crippen LogP contribution in [0.4, 0.5) is 5.69 Å². The number of hydrogen-bond acceptors (Lipinski definition) is 4. The van der Waals surface area contributed by atoms with Gasteiger partial charge in [0.25, 0.3) is 5.91 Å². The summed E-state index contributed by atoms with van der Waals surface area (Å²) in [6, 6.07) is 15.1. The minimum atomic E-state index is -0.618. The molecule has 1 fully saturated rings. The number of anilines is 1. The van der Waals surface area contributed by atoms with Gasteiger partial charge >= 0.3 is 5.97 Å². The monoisotopic (exact) mass is 418 g/mol. The van der Waals surface area contributed by atoms with Crippen LogP contribution >= 0.6 is 23.2 Å². The van der Waals surface area contributed by atoms with Gasteiger partial charge in [-0.05, 0) is 30.3 Å². The van der Waals surface area contributed by atoms with Gasteiger partial charge in [-0.2, -0.15) is 0 Å². The predicted octanol–water partition coefficient (Wildman–Crippen LogP) is 3.90. The van der Waals surface area contributed by atoms with Gasteiger partial charge in [0.1, 0.15) is 0 Å². The van der Waals surface area contributed by atoms with Crippen LogP contribution < -0.4 is 4.90 Å². The van der Waals surface area contributed by atoms with Crippen molar-refractivity contribution >= 4 is 46.8 Å². The zero-order chi connectivity index (χ0) is 19.9. The highest BCUT2D eigenvalue weighted by molar-refractivity contribution is 6.37. The Morgan fingerprint density at radius 3 is 2.21 bits per heavy atom. The summed E-state index contributed by atoms with van der Waals surface area (Å²) in [6.45, 7) is 2.39. The van der Waals surface area contributed by atoms with Gasteiger partial charge in [0.15, 0.2) is 6.61 Å². The number of para-hydroxylation sites is 1. The van der Waals surface area contributed by atoms with Gasteiger partial charge < -0.3 is 14.5 Å². The SMILES string of the molecule is O=C(/C=C/c1c(Cl)cccc1Cl)OCC(=O)N1CCN(c2ccccc2)CC1. The van der Waals surface area contributed by atoms with E-state index in [2.05, 4.69) is 17.0 Å². The minimum Gasteiger partial charge on any atom is -0.452 e. The fourth-order valence-electron chi connectivity index (χ4n) is 2.95. The Morgan fingerprint density at radius 1 is 0.929 bits per heavy atom. The molecule has 1 saturated heterocycles. The van der Waals surface area contributed by atoms with Gasteiger partial charge in [0, 0.05) is 53.6 Å². The van der Waals surface area contributed by atoms with Crippen LogP contribution in [0.1, 0.15) is 5.56 Å². The van der Waals surface area contributed by atoms with Gasteiger partial charge in [-0.3, -0.25) is 4.79 Å². The minimum absolute atomic E-state index is 0.203. The van der Waals surface area contributed by atoms with Crippen molar-refractivity contribution in [1.29, 1.82) is 0 Å². The summed E-state index contributed by atoms with van der Waals surface area (Å²) in [7, 11) is 0. The lowest BCUT2D eigenvalue weighted by molar-refractivity contribution is -0.148. The Hall–Kier alpha value is -2.50. The van der Waals surface area contributed by atoms with E-state index < -0.39 is 5.97 Å². The van der Waals surface area contributed by atoms with Crippen LogP contribution in [-0.2, 0) is 14.3 Å². The molecule has 0 aliphatic carbocycles. The number of piperazine rings is 1. The Balaban J connectivity index is 1.45. The number of ether oxygens (including phenoxy) is 1. The predicted molar refractivity (Wildman–Crippen MR) is 112 cm³/mol. The molecule has 1 aliphatic heterocycles. The normalized spacial score (nSPS) is 14.4. The van der Waals surface area contributed by atoms with Crippen molar-refractivity contribution in [2.24, 2.45) is 0 Å². The smallest absolute Gasteiger partial charge is 0.331 e. The number of rotatable bonds is 5. The van der Waals surface area contributed by atoms with Crippen LogP contribution in [0.5, 0.6) is 0 Å². The highest BCUT2D eigenvalue weighted by atomic mass is 35.5. The maximum atomic E-state index is 12.3. The first-order valence-corrected chi connectivity index (χ1v) is 9.67. The standard InChI is InChI=1S/C21H20Cl2N2O3/c22-18-7-4-8-19(23)17(18)9-10-21(27)28-15-20(26)25-13-11-24(12-14-25)16-5-2-1-3-6-16/h1-10H,11-15H2/b10-9+. The third kappa shape index (κ3) is 5.27. The fraction of sp³-hybridized carbons (Fsp3) is 0.238. The number of carbonyl (C=O) groups is 2. The highest BCUT2D eigenvalue weighted by Gasteiger charge is 2.21. The lowest BCUT2D eigenvalue weighted by Crippen LogP contribution is -2.49. The number of nitrogens with zero attached hydrogens (tertiary/aromatic N) is 2. The first-order chi connectivity index (χ1) is 13.5. The lowest BCUT2D eigenvalue weighted by Gasteiger charge is -2.36. The number of amides is 1. The average molecular weight is 419 g/mol. The van der Waals surface area contributed by atoms with E-state index >= 15 is 0 Å². The molecule has 1 aliphatic rings. The van der Waals surface area contributed by atoms with Crippen molar-refractivity contribution < 1.29 is 14.3 Å². The van der Waals surface area contributed by atoms with E-state index in [1.54, 1.807) is 23.1 Å². The summed E-state index contributed by atoms with van der Waals surface area (Å²) in [5, 5.41) is 0.868. The lowest BCUT2D eigenvalue weighted by atomic mass is 10.2. The van der Waals surface area contributed by atoms with E-state index in [0.29, 0.717) is 28.7 Å². The molecular formula is C21H20Cl2N2O3. The molecule has 146 valence electrons. The van der Waals surface area contributed by atoms with Crippen molar-refractivity contribution in [2.45, 2.75) is 0 Å². The first kappa shape index (κ1) is 20.2. The van der Waals surface area contributed by atoms with Crippen molar-refractivity contribution in [3.63, 3.8) is 0 Å². The molecule has 0 spiro atoms. The van der Waals surface area contributed by atoms with Gasteiger partial charge in [-0.15, -0.1) is 0 Å². The second-order valence-electron chi connectivity index (χ2n) is 6.28. The van der Waals surface area contributed by atoms with E-state index in [0.717, 1.165) is 18.8 Å². The van der Waals surface area contributed by atoms with Crippen LogP contribution in [-0.4, -0.2) is 49.6 Å². The summed E-state index contributed by atoms with van der Waals surface area (Å²) in [4.78, 5) is 28.1. The van der Waals surface area contributed by atoms with Crippen LogP contribution in [0.3, 0.4) is 0 Å². The average Bonchev–Trinajstić information content (AvgIpc) is 2.72. The molecule has 0 bridgehead atoms. The van der Waals surface area contributed by atoms with Crippen molar-refractivity contribution in [2.75, 3.05) is 37.7 Å². The molecule has 1 heterocycles. The van der Waals surface area contributed by atoms with Gasteiger partial charge in [0.2, 0.25) is 0 Å². The molecule has 0 aromatic heterocycles. The molecule has 7 heteroatoms. The molecule has 3 rings (SSSR count). The Labute approximate surface area is 174 Å². The molecule has 28 heavy (non-hydrogen) atoms. The Morgan fingerprint density at radius 2 is 1.57 bits per heavy atom. The summed E-state index contributed by atoms with van der Waals surface area (Å²) < 4.78 is 5.05. The maximum absolute atomic E-state index is 12.3. The summed E-state index contributed by atoms with van der Waals surface area (Å²) >= 11 is 12.1. The second kappa shape index (κ2) is 9.62. The van der Waals surface area contributed by atoms with Gasteiger partial charge in [-0.1, -0.05) is 47.5 Å². The van der Waals surface area contributed by atoms with Crippen molar-refractivity contribution in [3.05, 3.63) is 70.2 Å². The molecule has 0 saturated carbocycles. The maximum Gasteiger partial charge on any atom is 0.331 e. The summed E-state index contributed by atoms with van der Waals surface area (Å²) in [5.41, 5.74) is 1.68. The van der Waals surface area contributed by atoms with Gasteiger partial charge in [-0.25, -0.2) is 4.79 Å². The number of benzene rings is 2. The first-order valence-electron chi connectivity index (χ1n) is 8.91. The number of hydrogen-bond donors (Lipinski definition) is 0. The quantitative estimate of drug-likeness (QED) is 0.545. The Bertz CT molecular complexity index is 843. The summed E-state index contributed by atoms with van der Waals surface area (Å²) in [5.74, 6) is -0.822. The fourth-order valence-corrected chi connectivity index (χ4v) is 3.47. The topological polar surface area (TPSA) is 49.9 Å². The highest BCUT2D eigenvalue weighted by Crippen LogP contribution is 2.25. The number of carbonyl (C=O) groups excluding carboxylic acids is 2. The number of halogens is 2. The zero-order valence-electron chi connectivity index (χ0n) is 15.2. The van der Waals surface area contributed by atoms with E-state index in [1.807, 2.05) is 18.2 Å². The van der Waals surface area contributed by atoms with Crippen LogP contribution in [0.15, 0.2) is 54.6 Å². The molecule has 0 atom stereocenters. The largest absolute Gasteiger partial charge is 0.452 e. The van der Waals surface area contributed by atoms with Crippen LogP contribution in [0.25, 0.3) is 6.08 Å². The molecule has 2 aromatic carbocycles. The second-order valence-corrected chi connectivity index (χ2v) is 7.09. The molecule has 0 unspecified atom stereocenters. The van der Waals surface area contributed by atoms with Gasteiger partial charge in [0.05, 0.1) is 0 Å². The zero-order valence-corrected chi connectivity index (χ0v) is 16.7. The molecular weight excluding hydrogens is 399 g/mol. The molecule has 0 N–H and O–H groups in total. The third-order valence-corrected chi connectivity index (χ3v) is 5.14. The van der Waals surface area contributed by atoms with E-state index in [1.165, 1.54) is 12.2 Å². The number of esters is 1. The van der Waals surface area contributed by atoms with Crippen LogP contribution in [0.2, 0.25) is 10.0 Å². The van der Waals surface area contributed by atoms with E-state index in [9.17, 15) is 9.59 Å². The molecule has 1 amide bonds. The Kier molecular flexibility index (Phi) is 6.95. The van der Waals surface area contributed by atoms with E-state index in [-0.39, 0.29) is 12.5 Å². The van der Waals surface area contributed by atoms with E-state index in [4.69, 9.17) is 27.9 Å². The summed E-state index contributed by atoms with van der Waals surface area (Å²) in [6.07, 6.45) is 2.70. The molecule has 0 radical (unpaired) electrons.